The van der Waals surface area contributed by atoms with Gasteiger partial charge in [-0.15, -0.1) is 11.3 Å². The summed E-state index contributed by atoms with van der Waals surface area (Å²) in [4.78, 5) is 11.5. The minimum absolute atomic E-state index is 0.174. The molecule has 0 bridgehead atoms. The van der Waals surface area contributed by atoms with Gasteiger partial charge in [0, 0.05) is 10.4 Å². The monoisotopic (exact) mass is 248 g/mol. The van der Waals surface area contributed by atoms with Gasteiger partial charge in [0.25, 0.3) is 0 Å². The fourth-order valence-corrected chi connectivity index (χ4v) is 3.37. The van der Waals surface area contributed by atoms with Crippen molar-refractivity contribution in [1.82, 2.24) is 0 Å². The Morgan fingerprint density at radius 1 is 1.29 bits per heavy atom. The van der Waals surface area contributed by atoms with Crippen molar-refractivity contribution in [3.8, 4) is 10.4 Å². The molecule has 1 heterocycles. The molecule has 0 saturated heterocycles. The maximum Gasteiger partial charge on any atom is 0.348 e. The molecule has 0 radical (unpaired) electrons. The fraction of sp³-hybridized carbons (Fsp3) is 0.154. The molecule has 3 rings (SSSR count). The third kappa shape index (κ3) is 1.48. The fourth-order valence-electron chi connectivity index (χ4n) is 2.24. The van der Waals surface area contributed by atoms with Crippen LogP contribution in [0.25, 0.3) is 10.4 Å². The van der Waals surface area contributed by atoms with E-state index in [1.165, 1.54) is 0 Å². The van der Waals surface area contributed by atoms with Gasteiger partial charge in [0.15, 0.2) is 5.82 Å². The third-order valence-corrected chi connectivity index (χ3v) is 4.27. The van der Waals surface area contributed by atoms with Crippen molar-refractivity contribution in [2.45, 2.75) is 12.8 Å². The van der Waals surface area contributed by atoms with E-state index in [-0.39, 0.29) is 4.88 Å². The average Bonchev–Trinajstić information content (AvgIpc) is 2.67. The van der Waals surface area contributed by atoms with Gasteiger partial charge in [-0.3, -0.25) is 0 Å². The topological polar surface area (TPSA) is 37.3 Å². The molecule has 17 heavy (non-hydrogen) atoms. The van der Waals surface area contributed by atoms with E-state index in [4.69, 9.17) is 5.11 Å². The number of thiophene rings is 1. The number of hydrogen-bond acceptors (Lipinski definition) is 2. The molecule has 0 aliphatic heterocycles. The number of carboxylic acid groups (broad SMARTS) is 1. The molecule has 1 N–H and O–H groups in total. The summed E-state index contributed by atoms with van der Waals surface area (Å²) in [5, 5.41) is 8.93. The zero-order valence-electron chi connectivity index (χ0n) is 8.87. The second-order valence-electron chi connectivity index (χ2n) is 4.02. The molecule has 0 spiro atoms. The molecule has 2 nitrogen and oxygen atoms in total. The van der Waals surface area contributed by atoms with Crippen LogP contribution in [0.3, 0.4) is 0 Å². The molecule has 0 unspecified atom stereocenters. The van der Waals surface area contributed by atoms with Crippen LogP contribution in [0.5, 0.6) is 0 Å². The number of carbonyl (C=O) groups is 1. The Labute approximate surface area is 101 Å². The Morgan fingerprint density at radius 3 is 2.82 bits per heavy atom. The smallest absolute Gasteiger partial charge is 0.348 e. The van der Waals surface area contributed by atoms with Gasteiger partial charge in [0.05, 0.1) is 0 Å². The van der Waals surface area contributed by atoms with Crippen LogP contribution in [0.15, 0.2) is 24.3 Å². The van der Waals surface area contributed by atoms with Crippen molar-refractivity contribution in [3.05, 3.63) is 46.1 Å². The second-order valence-corrected chi connectivity index (χ2v) is 5.04. The van der Waals surface area contributed by atoms with Crippen LogP contribution in [0.2, 0.25) is 0 Å². The standard InChI is InChI=1S/C13H9FO2S/c14-10-9-6-5-7-3-1-2-4-8(7)11(9)17-12(10)13(15)16/h1-4H,5-6H2,(H,15,16). The Kier molecular flexibility index (Phi) is 2.26. The van der Waals surface area contributed by atoms with Crippen LogP contribution in [-0.2, 0) is 12.8 Å². The van der Waals surface area contributed by atoms with Gasteiger partial charge in [-0.1, -0.05) is 24.3 Å². The van der Waals surface area contributed by atoms with Crippen molar-refractivity contribution in [2.75, 3.05) is 0 Å². The Balaban J connectivity index is 2.27. The maximum atomic E-state index is 13.9. The van der Waals surface area contributed by atoms with Crippen molar-refractivity contribution in [1.29, 1.82) is 0 Å². The highest BCUT2D eigenvalue weighted by Crippen LogP contribution is 2.41. The van der Waals surface area contributed by atoms with Crippen molar-refractivity contribution in [2.24, 2.45) is 0 Å². The minimum Gasteiger partial charge on any atom is -0.477 e. The van der Waals surface area contributed by atoms with Gasteiger partial charge in [-0.05, 0) is 24.0 Å². The van der Waals surface area contributed by atoms with Crippen molar-refractivity contribution in [3.63, 3.8) is 0 Å². The van der Waals surface area contributed by atoms with E-state index in [0.717, 1.165) is 33.8 Å². The summed E-state index contributed by atoms with van der Waals surface area (Å²) in [6.07, 6.45) is 1.36. The highest BCUT2D eigenvalue weighted by atomic mass is 32.1. The number of rotatable bonds is 1. The van der Waals surface area contributed by atoms with Gasteiger partial charge in [0.1, 0.15) is 4.88 Å². The Bertz CT molecular complexity index is 616. The lowest BCUT2D eigenvalue weighted by Crippen LogP contribution is -2.03. The molecule has 1 aliphatic rings. The summed E-state index contributed by atoms with van der Waals surface area (Å²) in [7, 11) is 0. The molecule has 1 aromatic carbocycles. The lowest BCUT2D eigenvalue weighted by Gasteiger charge is -2.15. The summed E-state index contributed by atoms with van der Waals surface area (Å²) in [6, 6.07) is 7.78. The molecule has 1 aromatic heterocycles. The average molecular weight is 248 g/mol. The number of benzene rings is 1. The van der Waals surface area contributed by atoms with Crippen LogP contribution in [0.1, 0.15) is 20.8 Å². The zero-order valence-corrected chi connectivity index (χ0v) is 9.68. The van der Waals surface area contributed by atoms with Crippen molar-refractivity contribution < 1.29 is 14.3 Å². The van der Waals surface area contributed by atoms with Crippen LogP contribution in [-0.4, -0.2) is 11.1 Å². The summed E-state index contributed by atoms with van der Waals surface area (Å²) < 4.78 is 13.9. The van der Waals surface area contributed by atoms with Crippen LogP contribution >= 0.6 is 11.3 Å². The normalized spacial score (nSPS) is 13.0. The highest BCUT2D eigenvalue weighted by Gasteiger charge is 2.27. The molecule has 0 amide bonds. The summed E-state index contributed by atoms with van der Waals surface area (Å²) in [6.45, 7) is 0. The number of hydrogen-bond donors (Lipinski definition) is 1. The van der Waals surface area contributed by atoms with Crippen LogP contribution < -0.4 is 0 Å². The molecule has 86 valence electrons. The molecule has 0 fully saturated rings. The Hall–Kier alpha value is -1.68. The number of fused-ring (bicyclic) bond motifs is 3. The van der Waals surface area contributed by atoms with E-state index in [1.54, 1.807) is 0 Å². The highest BCUT2D eigenvalue weighted by molar-refractivity contribution is 7.17. The van der Waals surface area contributed by atoms with Crippen molar-refractivity contribution >= 4 is 17.3 Å². The van der Waals surface area contributed by atoms with E-state index in [2.05, 4.69) is 0 Å². The molecule has 0 atom stereocenters. The predicted molar refractivity (Wildman–Crippen MR) is 64.1 cm³/mol. The summed E-state index contributed by atoms with van der Waals surface area (Å²) in [5.41, 5.74) is 2.70. The largest absolute Gasteiger partial charge is 0.477 e. The van der Waals surface area contributed by atoms with E-state index in [0.29, 0.717) is 12.0 Å². The molecule has 4 heteroatoms. The predicted octanol–water partition coefficient (Wildman–Crippen LogP) is 3.35. The first-order valence-corrected chi connectivity index (χ1v) is 6.13. The van der Waals surface area contributed by atoms with Crippen LogP contribution in [0.4, 0.5) is 4.39 Å². The maximum absolute atomic E-state index is 13.9. The SMILES string of the molecule is O=C(O)c1sc2c(c1F)CCc1ccccc1-2. The third-order valence-electron chi connectivity index (χ3n) is 3.04. The van der Waals surface area contributed by atoms with E-state index >= 15 is 0 Å². The molecule has 2 aromatic rings. The number of aromatic carboxylic acids is 1. The quantitative estimate of drug-likeness (QED) is 0.840. The molecule has 0 saturated carbocycles. The molecular formula is C13H9FO2S. The summed E-state index contributed by atoms with van der Waals surface area (Å²) >= 11 is 1.04. The van der Waals surface area contributed by atoms with Crippen LogP contribution in [0, 0.1) is 5.82 Å². The first kappa shape index (κ1) is 10.5. The first-order valence-electron chi connectivity index (χ1n) is 5.31. The van der Waals surface area contributed by atoms with Gasteiger partial charge in [-0.25, -0.2) is 9.18 Å². The Morgan fingerprint density at radius 2 is 2.06 bits per heavy atom. The molecular weight excluding hydrogens is 239 g/mol. The van der Waals surface area contributed by atoms with Gasteiger partial charge in [0.2, 0.25) is 0 Å². The van der Waals surface area contributed by atoms with Gasteiger partial charge < -0.3 is 5.11 Å². The number of halogens is 1. The minimum atomic E-state index is -1.18. The molecule has 1 aliphatic carbocycles. The lowest BCUT2D eigenvalue weighted by atomic mass is 9.91. The second kappa shape index (κ2) is 3.67. The van der Waals surface area contributed by atoms with E-state index in [1.807, 2.05) is 24.3 Å². The zero-order chi connectivity index (χ0) is 12.0. The number of aryl methyl sites for hydroxylation is 1. The number of carboxylic acids is 1. The van der Waals surface area contributed by atoms with Gasteiger partial charge in [-0.2, -0.15) is 0 Å². The first-order chi connectivity index (χ1) is 8.18. The lowest BCUT2D eigenvalue weighted by molar-refractivity contribution is 0.0697. The van der Waals surface area contributed by atoms with E-state index in [9.17, 15) is 9.18 Å². The summed E-state index contributed by atoms with van der Waals surface area (Å²) in [5.74, 6) is -1.73. The van der Waals surface area contributed by atoms with Gasteiger partial charge >= 0.3 is 5.97 Å². The van der Waals surface area contributed by atoms with E-state index < -0.39 is 11.8 Å².